The molecule has 0 fully saturated rings. The highest BCUT2D eigenvalue weighted by molar-refractivity contribution is 7.90. The minimum absolute atomic E-state index is 0.0595. The molecule has 2 aromatic carbocycles. The normalized spacial score (nSPS) is 11.6. The van der Waals surface area contributed by atoms with Crippen LogP contribution < -0.4 is 0 Å². The molecular formula is C21H20ClNO4S. The summed E-state index contributed by atoms with van der Waals surface area (Å²) >= 11 is 6.29. The van der Waals surface area contributed by atoms with E-state index in [2.05, 4.69) is 4.98 Å². The van der Waals surface area contributed by atoms with Crippen LogP contribution >= 0.6 is 11.6 Å². The van der Waals surface area contributed by atoms with E-state index in [1.165, 1.54) is 12.1 Å². The molecule has 0 spiro atoms. The maximum atomic E-state index is 12.5. The second-order valence-corrected chi connectivity index (χ2v) is 9.22. The van der Waals surface area contributed by atoms with Gasteiger partial charge in [0.05, 0.1) is 16.0 Å². The molecule has 5 nitrogen and oxygen atoms in total. The van der Waals surface area contributed by atoms with E-state index in [0.29, 0.717) is 11.1 Å². The predicted octanol–water partition coefficient (Wildman–Crippen LogP) is 4.57. The van der Waals surface area contributed by atoms with Crippen LogP contribution in [0.25, 0.3) is 10.9 Å². The molecule has 1 heterocycles. The number of esters is 1. The van der Waals surface area contributed by atoms with Gasteiger partial charge >= 0.3 is 5.97 Å². The number of aromatic nitrogens is 1. The number of benzene rings is 2. The van der Waals surface area contributed by atoms with E-state index in [9.17, 15) is 13.2 Å². The molecule has 1 aromatic heterocycles. The SMILES string of the molecule is Cc1ccc(S(C)(=O)=O)cc1C(=O)OCc1cc2ccc(C)c(C)c2nc1Cl. The number of rotatable bonds is 4. The average molecular weight is 418 g/mol. The predicted molar refractivity (Wildman–Crippen MR) is 110 cm³/mol. The molecular weight excluding hydrogens is 398 g/mol. The van der Waals surface area contributed by atoms with Crippen LogP contribution in [0.1, 0.15) is 32.6 Å². The van der Waals surface area contributed by atoms with Crippen LogP contribution in [-0.4, -0.2) is 25.6 Å². The second-order valence-electron chi connectivity index (χ2n) is 6.84. The Bertz CT molecular complexity index is 1200. The molecule has 7 heteroatoms. The monoisotopic (exact) mass is 417 g/mol. The number of sulfone groups is 1. The summed E-state index contributed by atoms with van der Waals surface area (Å²) in [6.07, 6.45) is 1.09. The second kappa shape index (κ2) is 7.53. The molecule has 3 aromatic rings. The minimum Gasteiger partial charge on any atom is -0.457 e. The van der Waals surface area contributed by atoms with Gasteiger partial charge in [0.1, 0.15) is 11.8 Å². The lowest BCUT2D eigenvalue weighted by molar-refractivity contribution is 0.0471. The Hall–Kier alpha value is -2.44. The number of nitrogens with zero attached hydrogens (tertiary/aromatic N) is 1. The summed E-state index contributed by atoms with van der Waals surface area (Å²) in [6.45, 7) is 5.65. The number of aryl methyl sites for hydroxylation is 3. The van der Waals surface area contributed by atoms with Crippen molar-refractivity contribution in [3.05, 3.63) is 69.4 Å². The number of carbonyl (C=O) groups is 1. The largest absolute Gasteiger partial charge is 0.457 e. The van der Waals surface area contributed by atoms with Crippen molar-refractivity contribution in [2.24, 2.45) is 0 Å². The van der Waals surface area contributed by atoms with E-state index in [1.54, 1.807) is 13.0 Å². The third kappa shape index (κ3) is 4.03. The highest BCUT2D eigenvalue weighted by atomic mass is 35.5. The van der Waals surface area contributed by atoms with Crippen LogP contribution in [0.4, 0.5) is 0 Å². The van der Waals surface area contributed by atoms with Crippen LogP contribution in [0.5, 0.6) is 0 Å². The van der Waals surface area contributed by atoms with Crippen molar-refractivity contribution >= 4 is 38.3 Å². The van der Waals surface area contributed by atoms with Gasteiger partial charge in [0.2, 0.25) is 0 Å². The summed E-state index contributed by atoms with van der Waals surface area (Å²) in [7, 11) is -3.42. The Balaban J connectivity index is 1.87. The van der Waals surface area contributed by atoms with Gasteiger partial charge in [-0.3, -0.25) is 0 Å². The Morgan fingerprint density at radius 3 is 2.43 bits per heavy atom. The van der Waals surface area contributed by atoms with Crippen LogP contribution in [0.15, 0.2) is 41.3 Å². The standard InChI is InChI=1S/C21H20ClNO4S/c1-12-5-7-15-9-16(20(22)23-19(15)14(12)3)11-27-21(24)18-10-17(28(4,25)26)8-6-13(18)2/h5-10H,11H2,1-4H3. The Morgan fingerprint density at radius 2 is 1.75 bits per heavy atom. The van der Waals surface area contributed by atoms with Gasteiger partial charge in [-0.2, -0.15) is 0 Å². The number of fused-ring (bicyclic) bond motifs is 1. The number of hydrogen-bond donors (Lipinski definition) is 0. The summed E-state index contributed by atoms with van der Waals surface area (Å²) in [5.74, 6) is -0.612. The highest BCUT2D eigenvalue weighted by Gasteiger charge is 2.17. The van der Waals surface area contributed by atoms with Crippen LogP contribution in [0.2, 0.25) is 5.15 Å². The maximum Gasteiger partial charge on any atom is 0.338 e. The first kappa shape index (κ1) is 20.3. The zero-order valence-corrected chi connectivity index (χ0v) is 17.6. The highest BCUT2D eigenvalue weighted by Crippen LogP contribution is 2.26. The molecule has 0 unspecified atom stereocenters. The fraction of sp³-hybridized carbons (Fsp3) is 0.238. The summed E-state index contributed by atoms with van der Waals surface area (Å²) in [5, 5.41) is 1.18. The molecule has 0 atom stereocenters. The lowest BCUT2D eigenvalue weighted by Gasteiger charge is -2.11. The molecule has 0 saturated heterocycles. The van der Waals surface area contributed by atoms with Crippen molar-refractivity contribution < 1.29 is 17.9 Å². The van der Waals surface area contributed by atoms with Gasteiger partial charge in [-0.05, 0) is 55.7 Å². The molecule has 0 N–H and O–H groups in total. The molecule has 0 aliphatic carbocycles. The maximum absolute atomic E-state index is 12.5. The first-order valence-electron chi connectivity index (χ1n) is 8.61. The minimum atomic E-state index is -3.42. The lowest BCUT2D eigenvalue weighted by Crippen LogP contribution is -2.09. The lowest BCUT2D eigenvalue weighted by atomic mass is 10.0. The topological polar surface area (TPSA) is 73.3 Å². The molecule has 28 heavy (non-hydrogen) atoms. The third-order valence-electron chi connectivity index (χ3n) is 4.75. The van der Waals surface area contributed by atoms with Gasteiger partial charge in [0.25, 0.3) is 0 Å². The molecule has 0 radical (unpaired) electrons. The molecule has 0 saturated carbocycles. The van der Waals surface area contributed by atoms with Crippen LogP contribution in [0.3, 0.4) is 0 Å². The Labute approximate surface area is 169 Å². The first-order valence-corrected chi connectivity index (χ1v) is 10.9. The quantitative estimate of drug-likeness (QED) is 0.459. The van der Waals surface area contributed by atoms with Crippen LogP contribution in [-0.2, 0) is 21.2 Å². The van der Waals surface area contributed by atoms with E-state index >= 15 is 0 Å². The summed E-state index contributed by atoms with van der Waals surface area (Å²) in [6, 6.07) is 10.2. The number of carbonyl (C=O) groups excluding carboxylic acids is 1. The molecule has 0 aliphatic rings. The third-order valence-corrected chi connectivity index (χ3v) is 6.19. The van der Waals surface area contributed by atoms with E-state index in [1.807, 2.05) is 32.0 Å². The fourth-order valence-electron chi connectivity index (χ4n) is 2.88. The molecule has 3 rings (SSSR count). The van der Waals surface area contributed by atoms with Gasteiger partial charge < -0.3 is 4.74 Å². The first-order chi connectivity index (χ1) is 13.1. The average Bonchev–Trinajstić information content (AvgIpc) is 2.63. The van der Waals surface area contributed by atoms with Gasteiger partial charge in [0.15, 0.2) is 9.84 Å². The molecule has 0 amide bonds. The van der Waals surface area contributed by atoms with E-state index in [4.69, 9.17) is 16.3 Å². The van der Waals surface area contributed by atoms with Crippen molar-refractivity contribution in [3.8, 4) is 0 Å². The molecule has 146 valence electrons. The van der Waals surface area contributed by atoms with Gasteiger partial charge in [-0.15, -0.1) is 0 Å². The zero-order chi connectivity index (χ0) is 20.6. The Morgan fingerprint density at radius 1 is 1.07 bits per heavy atom. The number of pyridine rings is 1. The van der Waals surface area contributed by atoms with E-state index in [-0.39, 0.29) is 22.2 Å². The summed E-state index contributed by atoms with van der Waals surface area (Å²) < 4.78 is 28.9. The van der Waals surface area contributed by atoms with Crippen LogP contribution in [0, 0.1) is 20.8 Å². The van der Waals surface area contributed by atoms with Gasteiger partial charge in [0, 0.05) is 17.2 Å². The van der Waals surface area contributed by atoms with Crippen molar-refractivity contribution in [2.75, 3.05) is 6.26 Å². The molecule has 0 aliphatic heterocycles. The fourth-order valence-corrected chi connectivity index (χ4v) is 3.72. The summed E-state index contributed by atoms with van der Waals surface area (Å²) in [4.78, 5) is 17.0. The number of hydrogen-bond acceptors (Lipinski definition) is 5. The van der Waals surface area contributed by atoms with Gasteiger partial charge in [-0.1, -0.05) is 29.8 Å². The van der Waals surface area contributed by atoms with Crippen molar-refractivity contribution in [2.45, 2.75) is 32.3 Å². The smallest absolute Gasteiger partial charge is 0.338 e. The van der Waals surface area contributed by atoms with Crippen molar-refractivity contribution in [1.29, 1.82) is 0 Å². The number of ether oxygens (including phenoxy) is 1. The van der Waals surface area contributed by atoms with Crippen molar-refractivity contribution in [1.82, 2.24) is 4.98 Å². The molecule has 0 bridgehead atoms. The van der Waals surface area contributed by atoms with E-state index < -0.39 is 15.8 Å². The van der Waals surface area contributed by atoms with Crippen molar-refractivity contribution in [3.63, 3.8) is 0 Å². The number of halogens is 1. The van der Waals surface area contributed by atoms with Gasteiger partial charge in [-0.25, -0.2) is 18.2 Å². The Kier molecular flexibility index (Phi) is 5.46. The summed E-state index contributed by atoms with van der Waals surface area (Å²) in [5.41, 5.74) is 4.41. The van der Waals surface area contributed by atoms with E-state index in [0.717, 1.165) is 28.3 Å². The zero-order valence-electron chi connectivity index (χ0n) is 16.0.